The van der Waals surface area contributed by atoms with Crippen LogP contribution < -0.4 is 0 Å². The molecule has 8 heteroatoms. The molecule has 1 heterocycles. The minimum Gasteiger partial charge on any atom is -0.292 e. The molecule has 0 amide bonds. The van der Waals surface area contributed by atoms with Gasteiger partial charge in [-0.25, -0.2) is 22.2 Å². The molecule has 0 spiro atoms. The van der Waals surface area contributed by atoms with Crippen molar-refractivity contribution in [3.63, 3.8) is 0 Å². The second-order valence-electron chi connectivity index (χ2n) is 4.24. The van der Waals surface area contributed by atoms with E-state index in [-0.39, 0.29) is 36.1 Å². The average Bonchev–Trinajstić information content (AvgIpc) is 2.88. The Morgan fingerprint density at radius 1 is 1.14 bits per heavy atom. The standard InChI is InChI=1S/C13H11F4N3O/c1-3-8-12(9(21)4-2)18-19-20(8)13-10(16)6(14)5-7(15)11(13)17/h5H,3-4H2,1-2H3. The molecular weight excluding hydrogens is 290 g/mol. The lowest BCUT2D eigenvalue weighted by Crippen LogP contribution is -2.11. The van der Waals surface area contributed by atoms with E-state index in [4.69, 9.17) is 0 Å². The van der Waals surface area contributed by atoms with E-state index in [1.807, 2.05) is 0 Å². The number of ketones is 1. The van der Waals surface area contributed by atoms with E-state index in [0.29, 0.717) is 4.68 Å². The first-order valence-electron chi connectivity index (χ1n) is 6.23. The zero-order chi connectivity index (χ0) is 15.7. The Bertz CT molecular complexity index is 686. The van der Waals surface area contributed by atoms with Gasteiger partial charge in [0.15, 0.2) is 34.7 Å². The molecule has 0 atom stereocenters. The Balaban J connectivity index is 2.74. The molecule has 0 unspecified atom stereocenters. The summed E-state index contributed by atoms with van der Waals surface area (Å²) in [6.07, 6.45) is 0.277. The summed E-state index contributed by atoms with van der Waals surface area (Å²) in [7, 11) is 0. The number of hydrogen-bond acceptors (Lipinski definition) is 3. The van der Waals surface area contributed by atoms with Crippen LogP contribution in [0.2, 0.25) is 0 Å². The smallest absolute Gasteiger partial charge is 0.187 e. The van der Waals surface area contributed by atoms with E-state index in [1.165, 1.54) is 0 Å². The number of halogens is 4. The van der Waals surface area contributed by atoms with Crippen LogP contribution in [0.25, 0.3) is 5.69 Å². The largest absolute Gasteiger partial charge is 0.292 e. The maximum atomic E-state index is 13.8. The monoisotopic (exact) mass is 301 g/mol. The van der Waals surface area contributed by atoms with Crippen LogP contribution in [0.3, 0.4) is 0 Å². The van der Waals surface area contributed by atoms with E-state index in [9.17, 15) is 22.4 Å². The second-order valence-corrected chi connectivity index (χ2v) is 4.24. The minimum absolute atomic E-state index is 0.0662. The second kappa shape index (κ2) is 5.63. The number of carbonyl (C=O) groups excluding carboxylic acids is 1. The Morgan fingerprint density at radius 3 is 2.19 bits per heavy atom. The molecule has 0 saturated heterocycles. The van der Waals surface area contributed by atoms with Gasteiger partial charge in [0.25, 0.3) is 0 Å². The van der Waals surface area contributed by atoms with Crippen LogP contribution in [0.15, 0.2) is 6.07 Å². The highest BCUT2D eigenvalue weighted by molar-refractivity contribution is 5.95. The molecule has 0 fully saturated rings. The highest BCUT2D eigenvalue weighted by Crippen LogP contribution is 2.25. The summed E-state index contributed by atoms with van der Waals surface area (Å²) < 4.78 is 54.7. The normalized spacial score (nSPS) is 11.0. The first kappa shape index (κ1) is 15.1. The summed E-state index contributed by atoms with van der Waals surface area (Å²) in [5.41, 5.74) is -1.000. The highest BCUT2D eigenvalue weighted by Gasteiger charge is 2.26. The average molecular weight is 301 g/mol. The number of aromatic nitrogens is 3. The zero-order valence-corrected chi connectivity index (χ0v) is 11.3. The molecule has 0 aliphatic heterocycles. The van der Waals surface area contributed by atoms with Gasteiger partial charge < -0.3 is 0 Å². The van der Waals surface area contributed by atoms with Crippen molar-refractivity contribution >= 4 is 5.78 Å². The Hall–Kier alpha value is -2.25. The fourth-order valence-corrected chi connectivity index (χ4v) is 1.93. The fourth-order valence-electron chi connectivity index (χ4n) is 1.93. The van der Waals surface area contributed by atoms with Crippen LogP contribution in [-0.2, 0) is 6.42 Å². The summed E-state index contributed by atoms with van der Waals surface area (Å²) in [4.78, 5) is 11.7. The fraction of sp³-hybridized carbons (Fsp3) is 0.308. The van der Waals surface area contributed by atoms with Crippen LogP contribution in [-0.4, -0.2) is 20.8 Å². The lowest BCUT2D eigenvalue weighted by atomic mass is 10.1. The molecule has 0 N–H and O–H groups in total. The maximum Gasteiger partial charge on any atom is 0.187 e. The van der Waals surface area contributed by atoms with Gasteiger partial charge in [-0.15, -0.1) is 5.10 Å². The van der Waals surface area contributed by atoms with E-state index < -0.39 is 29.0 Å². The van der Waals surface area contributed by atoms with Gasteiger partial charge >= 0.3 is 0 Å². The van der Waals surface area contributed by atoms with Gasteiger partial charge in [0.2, 0.25) is 0 Å². The number of Topliss-reactive ketones (excluding diaryl/α,β-unsaturated/α-hetero) is 1. The lowest BCUT2D eigenvalue weighted by Gasteiger charge is -2.09. The van der Waals surface area contributed by atoms with Gasteiger partial charge in [-0.3, -0.25) is 4.79 Å². The third-order valence-electron chi connectivity index (χ3n) is 2.98. The molecular formula is C13H11F4N3O. The summed E-state index contributed by atoms with van der Waals surface area (Å²) in [6.45, 7) is 3.19. The van der Waals surface area contributed by atoms with Crippen LogP contribution in [0.5, 0.6) is 0 Å². The molecule has 2 rings (SSSR count). The predicted octanol–water partition coefficient (Wildman–Crippen LogP) is 2.98. The molecule has 0 aliphatic carbocycles. The first-order chi connectivity index (χ1) is 9.92. The maximum absolute atomic E-state index is 13.8. The Labute approximate surface area is 117 Å². The number of rotatable bonds is 4. The number of benzene rings is 1. The van der Waals surface area contributed by atoms with Crippen LogP contribution in [0.1, 0.15) is 36.5 Å². The molecule has 2 aromatic rings. The van der Waals surface area contributed by atoms with E-state index in [2.05, 4.69) is 10.3 Å². The molecule has 0 saturated carbocycles. The van der Waals surface area contributed by atoms with Crippen molar-refractivity contribution in [3.8, 4) is 5.69 Å². The van der Waals surface area contributed by atoms with Crippen molar-refractivity contribution in [2.24, 2.45) is 0 Å². The molecule has 112 valence electrons. The van der Waals surface area contributed by atoms with Crippen LogP contribution >= 0.6 is 0 Å². The summed E-state index contributed by atoms with van der Waals surface area (Å²) in [5.74, 6) is -6.67. The van der Waals surface area contributed by atoms with Crippen molar-refractivity contribution in [1.82, 2.24) is 15.0 Å². The number of hydrogen-bond donors (Lipinski definition) is 0. The molecule has 0 radical (unpaired) electrons. The topological polar surface area (TPSA) is 47.8 Å². The van der Waals surface area contributed by atoms with Crippen molar-refractivity contribution in [2.45, 2.75) is 26.7 Å². The number of nitrogens with zero attached hydrogens (tertiary/aromatic N) is 3. The van der Waals surface area contributed by atoms with E-state index >= 15 is 0 Å². The van der Waals surface area contributed by atoms with Gasteiger partial charge in [-0.2, -0.15) is 0 Å². The zero-order valence-electron chi connectivity index (χ0n) is 11.3. The highest BCUT2D eigenvalue weighted by atomic mass is 19.2. The van der Waals surface area contributed by atoms with Crippen LogP contribution in [0, 0.1) is 23.3 Å². The van der Waals surface area contributed by atoms with Crippen molar-refractivity contribution < 1.29 is 22.4 Å². The van der Waals surface area contributed by atoms with Gasteiger partial charge in [-0.1, -0.05) is 19.1 Å². The first-order valence-corrected chi connectivity index (χ1v) is 6.23. The van der Waals surface area contributed by atoms with Crippen LogP contribution in [0.4, 0.5) is 17.6 Å². The Morgan fingerprint density at radius 2 is 1.71 bits per heavy atom. The van der Waals surface area contributed by atoms with Gasteiger partial charge in [-0.05, 0) is 6.42 Å². The Kier molecular flexibility index (Phi) is 4.06. The van der Waals surface area contributed by atoms with Crippen molar-refractivity contribution in [1.29, 1.82) is 0 Å². The molecule has 1 aromatic carbocycles. The van der Waals surface area contributed by atoms with Crippen molar-refractivity contribution in [3.05, 3.63) is 40.7 Å². The summed E-state index contributed by atoms with van der Waals surface area (Å²) in [6, 6.07) is 0.106. The number of carbonyl (C=O) groups is 1. The molecule has 21 heavy (non-hydrogen) atoms. The van der Waals surface area contributed by atoms with Crippen molar-refractivity contribution in [2.75, 3.05) is 0 Å². The van der Waals surface area contributed by atoms with E-state index in [0.717, 1.165) is 0 Å². The molecule has 0 aliphatic rings. The molecule has 0 bridgehead atoms. The lowest BCUT2D eigenvalue weighted by molar-refractivity contribution is 0.0982. The summed E-state index contributed by atoms with van der Waals surface area (Å²) >= 11 is 0. The third kappa shape index (κ3) is 2.41. The van der Waals surface area contributed by atoms with Gasteiger partial charge in [0.05, 0.1) is 5.69 Å². The van der Waals surface area contributed by atoms with Gasteiger partial charge in [0, 0.05) is 12.5 Å². The SMILES string of the molecule is CCC(=O)c1nnn(-c2c(F)c(F)cc(F)c2F)c1CC. The molecule has 4 nitrogen and oxygen atoms in total. The quantitative estimate of drug-likeness (QED) is 0.495. The molecule has 1 aromatic heterocycles. The predicted molar refractivity (Wildman–Crippen MR) is 65.2 cm³/mol. The van der Waals surface area contributed by atoms with Gasteiger partial charge in [0.1, 0.15) is 5.69 Å². The van der Waals surface area contributed by atoms with E-state index in [1.54, 1.807) is 13.8 Å². The third-order valence-corrected chi connectivity index (χ3v) is 2.98. The summed E-state index contributed by atoms with van der Waals surface area (Å²) in [5, 5.41) is 7.02. The minimum atomic E-state index is -1.59.